The van der Waals surface area contributed by atoms with E-state index < -0.39 is 5.97 Å². The molecule has 1 saturated heterocycles. The van der Waals surface area contributed by atoms with Gasteiger partial charge in [-0.2, -0.15) is 0 Å². The molecule has 31 heavy (non-hydrogen) atoms. The lowest BCUT2D eigenvalue weighted by Crippen LogP contribution is -2.35. The highest BCUT2D eigenvalue weighted by Crippen LogP contribution is 2.29. The van der Waals surface area contributed by atoms with Crippen LogP contribution in [0, 0.1) is 0 Å². The Kier molecular flexibility index (Phi) is 6.32. The minimum absolute atomic E-state index is 0.0682. The number of benzene rings is 1. The lowest BCUT2D eigenvalue weighted by atomic mass is 10.1. The molecule has 0 radical (unpaired) electrons. The first-order valence-electron chi connectivity index (χ1n) is 10.8. The van der Waals surface area contributed by atoms with Gasteiger partial charge in [0.05, 0.1) is 12.1 Å². The number of aryl methyl sites for hydroxylation is 1. The number of halogens is 1. The number of aliphatic carboxylic acids is 1. The van der Waals surface area contributed by atoms with Crippen LogP contribution >= 0.6 is 11.6 Å². The zero-order chi connectivity index (χ0) is 22.0. The molecule has 8 heteroatoms. The third-order valence-electron chi connectivity index (χ3n) is 5.90. The molecule has 1 N–H and O–H groups in total. The number of hydrogen-bond donors (Lipinski definition) is 1. The number of fused-ring (bicyclic) bond motifs is 1. The Morgan fingerprint density at radius 1 is 1.26 bits per heavy atom. The van der Waals surface area contributed by atoms with Crippen molar-refractivity contribution >= 4 is 29.2 Å². The van der Waals surface area contributed by atoms with Crippen LogP contribution in [0.25, 0.3) is 17.0 Å². The molecule has 0 aliphatic carbocycles. The van der Waals surface area contributed by atoms with Crippen LogP contribution in [0.1, 0.15) is 45.4 Å². The number of carbonyl (C=O) groups is 1. The first-order chi connectivity index (χ1) is 15.0. The topological polar surface area (TPSA) is 79.8 Å². The quantitative estimate of drug-likeness (QED) is 0.521. The van der Waals surface area contributed by atoms with Gasteiger partial charge >= 0.3 is 5.97 Å². The van der Waals surface area contributed by atoms with Crippen molar-refractivity contribution in [2.24, 2.45) is 0 Å². The van der Waals surface area contributed by atoms with E-state index >= 15 is 0 Å². The van der Waals surface area contributed by atoms with Crippen molar-refractivity contribution in [3.05, 3.63) is 51.9 Å². The summed E-state index contributed by atoms with van der Waals surface area (Å²) in [6.45, 7) is 3.62. The number of hydrogen-bond acceptors (Lipinski definition) is 4. The molecule has 3 heterocycles. The summed E-state index contributed by atoms with van der Waals surface area (Å²) in [6, 6.07) is 8.91. The summed E-state index contributed by atoms with van der Waals surface area (Å²) in [5.74, 6) is 0.541. The second-order valence-electron chi connectivity index (χ2n) is 8.09. The van der Waals surface area contributed by atoms with Gasteiger partial charge in [-0.05, 0) is 31.4 Å². The van der Waals surface area contributed by atoms with Gasteiger partial charge in [0.25, 0.3) is 5.56 Å². The van der Waals surface area contributed by atoms with Gasteiger partial charge in [0.2, 0.25) is 5.78 Å². The Bertz CT molecular complexity index is 1140. The van der Waals surface area contributed by atoms with Crippen molar-refractivity contribution in [1.82, 2.24) is 14.0 Å². The predicted octanol–water partition coefficient (Wildman–Crippen LogP) is 4.45. The Labute approximate surface area is 185 Å². The van der Waals surface area contributed by atoms with Crippen molar-refractivity contribution in [1.29, 1.82) is 0 Å². The third kappa shape index (κ3) is 4.46. The Balaban J connectivity index is 1.83. The zero-order valence-corrected chi connectivity index (χ0v) is 18.4. The number of unbranched alkanes of at least 4 members (excludes halogenated alkanes) is 2. The van der Waals surface area contributed by atoms with Crippen LogP contribution in [0.5, 0.6) is 0 Å². The molecule has 1 aromatic carbocycles. The van der Waals surface area contributed by atoms with Crippen LogP contribution in [0.15, 0.2) is 41.3 Å². The van der Waals surface area contributed by atoms with Crippen LogP contribution in [0.4, 0.5) is 5.82 Å². The molecule has 1 aliphatic rings. The number of anilines is 1. The SMILES string of the molecule is CCCCCn1c(N2CCC[C@@H]2CC(=O)O)cc(=O)n2cc(-c3ccc(Cl)cc3)nc12. The summed E-state index contributed by atoms with van der Waals surface area (Å²) in [5, 5.41) is 9.98. The maximum atomic E-state index is 13.0. The standard InChI is InChI=1S/C23H27ClN4O3/c1-2-3-4-11-27-20(26-12-5-6-18(26)13-22(30)31)14-21(29)28-15-19(25-23(27)28)16-7-9-17(24)10-8-16/h7-10,14-15,18H,2-6,11-13H2,1H3,(H,30,31)/t18-/m1/s1. The Morgan fingerprint density at radius 2 is 2.03 bits per heavy atom. The number of carboxylic acid groups (broad SMARTS) is 1. The van der Waals surface area contributed by atoms with Crippen molar-refractivity contribution in [3.8, 4) is 11.3 Å². The van der Waals surface area contributed by atoms with Gasteiger partial charge < -0.3 is 10.0 Å². The maximum Gasteiger partial charge on any atom is 0.305 e. The lowest BCUT2D eigenvalue weighted by molar-refractivity contribution is -0.137. The lowest BCUT2D eigenvalue weighted by Gasteiger charge is -2.29. The molecular formula is C23H27ClN4O3. The molecule has 164 valence electrons. The fraction of sp³-hybridized carbons (Fsp3) is 0.435. The second-order valence-corrected chi connectivity index (χ2v) is 8.53. The van der Waals surface area contributed by atoms with E-state index in [4.69, 9.17) is 16.6 Å². The molecule has 1 atom stereocenters. The summed E-state index contributed by atoms with van der Waals surface area (Å²) >= 11 is 6.02. The van der Waals surface area contributed by atoms with Crippen LogP contribution < -0.4 is 10.5 Å². The van der Waals surface area contributed by atoms with E-state index in [-0.39, 0.29) is 18.0 Å². The van der Waals surface area contributed by atoms with Gasteiger partial charge in [-0.25, -0.2) is 4.98 Å². The molecule has 0 amide bonds. The summed E-state index contributed by atoms with van der Waals surface area (Å²) in [4.78, 5) is 31.3. The van der Waals surface area contributed by atoms with Gasteiger partial charge in [-0.1, -0.05) is 43.5 Å². The van der Waals surface area contributed by atoms with Crippen LogP contribution in [-0.2, 0) is 11.3 Å². The maximum absolute atomic E-state index is 13.0. The van der Waals surface area contributed by atoms with Crippen molar-refractivity contribution in [3.63, 3.8) is 0 Å². The summed E-state index contributed by atoms with van der Waals surface area (Å²) in [5.41, 5.74) is 1.43. The number of carboxylic acids is 1. The highest BCUT2D eigenvalue weighted by Gasteiger charge is 2.29. The number of rotatable bonds is 8. The largest absolute Gasteiger partial charge is 0.481 e. The summed E-state index contributed by atoms with van der Waals surface area (Å²) in [7, 11) is 0. The second kappa shape index (κ2) is 9.14. The van der Waals surface area contributed by atoms with Crippen LogP contribution in [0.2, 0.25) is 5.02 Å². The highest BCUT2D eigenvalue weighted by atomic mass is 35.5. The van der Waals surface area contributed by atoms with Crippen molar-refractivity contribution in [2.45, 2.75) is 58.0 Å². The highest BCUT2D eigenvalue weighted by molar-refractivity contribution is 6.30. The molecule has 0 spiro atoms. The Morgan fingerprint density at radius 3 is 2.74 bits per heavy atom. The molecule has 4 rings (SSSR count). The number of imidazole rings is 1. The average molecular weight is 443 g/mol. The van der Waals surface area contributed by atoms with Crippen molar-refractivity contribution < 1.29 is 9.90 Å². The molecule has 7 nitrogen and oxygen atoms in total. The fourth-order valence-corrected chi connectivity index (χ4v) is 4.49. The van der Waals surface area contributed by atoms with Crippen LogP contribution in [0.3, 0.4) is 0 Å². The van der Waals surface area contributed by atoms with Gasteiger partial charge in [-0.15, -0.1) is 0 Å². The molecule has 1 fully saturated rings. The van der Waals surface area contributed by atoms with Crippen LogP contribution in [-0.4, -0.2) is 37.6 Å². The van der Waals surface area contributed by atoms with Gasteiger partial charge in [-0.3, -0.25) is 18.6 Å². The fourth-order valence-electron chi connectivity index (χ4n) is 4.37. The van der Waals surface area contributed by atoms with Crippen molar-refractivity contribution in [2.75, 3.05) is 11.4 Å². The average Bonchev–Trinajstić information content (AvgIpc) is 3.37. The van der Waals surface area contributed by atoms with Gasteiger partial charge in [0, 0.05) is 42.0 Å². The minimum Gasteiger partial charge on any atom is -0.481 e. The molecule has 1 aliphatic heterocycles. The monoisotopic (exact) mass is 442 g/mol. The van der Waals surface area contributed by atoms with Gasteiger partial charge in [0.15, 0.2) is 0 Å². The van der Waals surface area contributed by atoms with E-state index in [9.17, 15) is 14.7 Å². The van der Waals surface area contributed by atoms with E-state index in [1.165, 1.54) is 0 Å². The predicted molar refractivity (Wildman–Crippen MR) is 122 cm³/mol. The van der Waals surface area contributed by atoms with E-state index in [2.05, 4.69) is 16.4 Å². The van der Waals surface area contributed by atoms with E-state index in [0.717, 1.165) is 56.6 Å². The molecule has 0 saturated carbocycles. The van der Waals surface area contributed by atoms with Gasteiger partial charge in [0.1, 0.15) is 5.82 Å². The minimum atomic E-state index is -0.816. The molecule has 3 aromatic rings. The molecule has 0 unspecified atom stereocenters. The number of aromatic nitrogens is 3. The summed E-state index contributed by atoms with van der Waals surface area (Å²) < 4.78 is 3.66. The molecule has 2 aromatic heterocycles. The van der Waals surface area contributed by atoms with E-state index in [0.29, 0.717) is 16.5 Å². The third-order valence-corrected chi connectivity index (χ3v) is 6.15. The molecule has 0 bridgehead atoms. The zero-order valence-electron chi connectivity index (χ0n) is 17.6. The first-order valence-corrected chi connectivity index (χ1v) is 11.2. The smallest absolute Gasteiger partial charge is 0.305 e. The number of nitrogens with zero attached hydrogens (tertiary/aromatic N) is 4. The normalized spacial score (nSPS) is 16.3. The molecular weight excluding hydrogens is 416 g/mol. The first kappa shape index (κ1) is 21.4. The van der Waals surface area contributed by atoms with E-state index in [1.807, 2.05) is 12.1 Å². The Hall–Kier alpha value is -2.80. The van der Waals surface area contributed by atoms with E-state index in [1.54, 1.807) is 28.8 Å². The summed E-state index contributed by atoms with van der Waals surface area (Å²) in [6.07, 6.45) is 6.67.